The van der Waals surface area contributed by atoms with Gasteiger partial charge in [0.1, 0.15) is 0 Å². The number of carboxylic acid groups (broad SMARTS) is 1. The molecule has 0 aliphatic carbocycles. The zero-order valence-electron chi connectivity index (χ0n) is 7.08. The van der Waals surface area contributed by atoms with E-state index in [9.17, 15) is 36.2 Å². The minimum Gasteiger partial charge on any atom is -0.549 e. The monoisotopic (exact) mass is 248 g/mol. The molecule has 0 amide bonds. The van der Waals surface area contributed by atoms with Gasteiger partial charge in [-0.15, -0.1) is 0 Å². The van der Waals surface area contributed by atoms with Crippen molar-refractivity contribution >= 4 is 5.97 Å². The minimum absolute atomic E-state index is 0. The summed E-state index contributed by atoms with van der Waals surface area (Å²) in [7, 11) is 0. The molecule has 0 saturated heterocycles. The van der Waals surface area contributed by atoms with E-state index in [1.165, 1.54) is 0 Å². The van der Waals surface area contributed by atoms with Gasteiger partial charge >= 0.3 is 63.7 Å². The maximum Gasteiger partial charge on any atom is 1.00 e. The van der Waals surface area contributed by atoms with E-state index >= 15 is 0 Å². The van der Waals surface area contributed by atoms with Crippen molar-refractivity contribution in [1.29, 1.82) is 0 Å². The van der Waals surface area contributed by atoms with E-state index in [0.717, 1.165) is 0 Å². The molecule has 0 heterocycles. The number of carbonyl (C=O) groups excluding carboxylic acids is 1. The van der Waals surface area contributed by atoms with Gasteiger partial charge in [0.15, 0.2) is 5.41 Å². The van der Waals surface area contributed by atoms with Crippen LogP contribution >= 0.6 is 0 Å². The number of halogens is 6. The molecule has 78 valence electrons. The second-order valence-corrected chi connectivity index (χ2v) is 2.41. The fourth-order valence-corrected chi connectivity index (χ4v) is 0.392. The molecule has 0 saturated carbocycles. The van der Waals surface area contributed by atoms with Gasteiger partial charge in [0.25, 0.3) is 0 Å². The van der Waals surface area contributed by atoms with Crippen LogP contribution in [0.3, 0.4) is 0 Å². The van der Waals surface area contributed by atoms with E-state index in [2.05, 4.69) is 0 Å². The van der Waals surface area contributed by atoms with Crippen LogP contribution in [0.2, 0.25) is 0 Å². The van der Waals surface area contributed by atoms with Crippen LogP contribution in [0.25, 0.3) is 0 Å². The molecule has 0 atom stereocenters. The smallest absolute Gasteiger partial charge is 0.549 e. The van der Waals surface area contributed by atoms with Gasteiger partial charge in [-0.25, -0.2) is 0 Å². The number of rotatable bonds is 1. The first-order valence-electron chi connectivity index (χ1n) is 2.79. The average Bonchev–Trinajstić information content (AvgIpc) is 1.80. The predicted molar refractivity (Wildman–Crippen MR) is 25.2 cm³/mol. The minimum atomic E-state index is -5.93. The number of aliphatic carboxylic acids is 1. The molecule has 14 heavy (non-hydrogen) atoms. The van der Waals surface area contributed by atoms with E-state index in [0.29, 0.717) is 0 Å². The van der Waals surface area contributed by atoms with E-state index < -0.39 is 30.7 Å². The van der Waals surface area contributed by atoms with Crippen LogP contribution < -0.4 is 56.5 Å². The summed E-state index contributed by atoms with van der Waals surface area (Å²) in [6.45, 7) is -0.484. The molecule has 0 aliphatic rings. The SMILES string of the molecule is CC(C(=O)[O-])(C(F)(F)F)C(F)(F)F.[K+]. The summed E-state index contributed by atoms with van der Waals surface area (Å²) in [5, 5.41) is 9.76. The van der Waals surface area contributed by atoms with Crippen LogP contribution in [-0.2, 0) is 4.79 Å². The third-order valence-corrected chi connectivity index (χ3v) is 1.54. The maximum absolute atomic E-state index is 11.7. The van der Waals surface area contributed by atoms with Gasteiger partial charge in [-0.05, 0) is 6.92 Å². The van der Waals surface area contributed by atoms with Crippen molar-refractivity contribution in [2.45, 2.75) is 19.3 Å². The Kier molecular flexibility index (Phi) is 5.72. The number of alkyl halides is 6. The summed E-state index contributed by atoms with van der Waals surface area (Å²) >= 11 is 0. The molecule has 0 rings (SSSR count). The fourth-order valence-electron chi connectivity index (χ4n) is 0.392. The standard InChI is InChI=1S/C5H4F6O2.K/c1-3(2(12)13,4(6,7)8)5(9,10)11;/h1H3,(H,12,13);/q;+1/p-1. The Morgan fingerprint density at radius 1 is 1.00 bits per heavy atom. The van der Waals surface area contributed by atoms with Gasteiger partial charge < -0.3 is 9.90 Å². The Morgan fingerprint density at radius 3 is 1.21 bits per heavy atom. The van der Waals surface area contributed by atoms with Crippen molar-refractivity contribution in [3.8, 4) is 0 Å². The Balaban J connectivity index is 0. The second-order valence-electron chi connectivity index (χ2n) is 2.41. The first kappa shape index (κ1) is 17.1. The molecule has 0 aromatic heterocycles. The molecule has 0 aromatic carbocycles. The molecule has 0 N–H and O–H groups in total. The Hall–Kier alpha value is 0.686. The van der Waals surface area contributed by atoms with E-state index in [1.807, 2.05) is 0 Å². The van der Waals surface area contributed by atoms with Crippen molar-refractivity contribution in [1.82, 2.24) is 0 Å². The Labute approximate surface area is 117 Å². The van der Waals surface area contributed by atoms with Crippen molar-refractivity contribution in [3.05, 3.63) is 0 Å². The van der Waals surface area contributed by atoms with Crippen molar-refractivity contribution in [2.75, 3.05) is 0 Å². The van der Waals surface area contributed by atoms with Gasteiger partial charge in [-0.3, -0.25) is 0 Å². The number of carbonyl (C=O) groups is 1. The molecular weight excluding hydrogens is 245 g/mol. The summed E-state index contributed by atoms with van der Waals surface area (Å²) in [5.74, 6) is -3.22. The first-order chi connectivity index (χ1) is 5.44. The average molecular weight is 248 g/mol. The first-order valence-corrected chi connectivity index (χ1v) is 2.79. The van der Waals surface area contributed by atoms with Crippen molar-refractivity contribution < 1.29 is 87.6 Å². The zero-order chi connectivity index (χ0) is 11.1. The number of hydrogen-bond acceptors (Lipinski definition) is 2. The Bertz CT molecular complexity index is 205. The predicted octanol–water partition coefficient (Wildman–Crippen LogP) is -2.13. The van der Waals surface area contributed by atoms with E-state index in [4.69, 9.17) is 0 Å². The normalized spacial score (nSPS) is 13.4. The molecule has 0 radical (unpaired) electrons. The molecule has 0 fully saturated rings. The van der Waals surface area contributed by atoms with Gasteiger partial charge in [-0.1, -0.05) is 0 Å². The number of carboxylic acids is 1. The second kappa shape index (κ2) is 4.68. The van der Waals surface area contributed by atoms with Gasteiger partial charge in [0.2, 0.25) is 0 Å². The third-order valence-electron chi connectivity index (χ3n) is 1.54. The topological polar surface area (TPSA) is 40.1 Å². The molecule has 0 unspecified atom stereocenters. The molecule has 0 aromatic rings. The molecule has 9 heteroatoms. The van der Waals surface area contributed by atoms with Crippen LogP contribution in [0.4, 0.5) is 26.3 Å². The molecule has 2 nitrogen and oxygen atoms in total. The Morgan fingerprint density at radius 2 is 1.21 bits per heavy atom. The van der Waals surface area contributed by atoms with Gasteiger partial charge in [0, 0.05) is 0 Å². The summed E-state index contributed by atoms with van der Waals surface area (Å²) in [6.07, 6.45) is -11.9. The van der Waals surface area contributed by atoms with Crippen LogP contribution in [0.5, 0.6) is 0 Å². The van der Waals surface area contributed by atoms with E-state index in [1.54, 1.807) is 0 Å². The van der Waals surface area contributed by atoms with Crippen LogP contribution in [-0.4, -0.2) is 18.3 Å². The number of hydrogen-bond donors (Lipinski definition) is 0. The summed E-state index contributed by atoms with van der Waals surface area (Å²) in [4.78, 5) is 9.76. The fraction of sp³-hybridized carbons (Fsp3) is 0.800. The van der Waals surface area contributed by atoms with Crippen molar-refractivity contribution in [2.24, 2.45) is 5.41 Å². The van der Waals surface area contributed by atoms with E-state index in [-0.39, 0.29) is 51.4 Å². The van der Waals surface area contributed by atoms with Crippen LogP contribution in [0.1, 0.15) is 6.92 Å². The summed E-state index contributed by atoms with van der Waals surface area (Å²) in [5.41, 5.74) is -4.82. The maximum atomic E-state index is 11.7. The molecule has 0 aliphatic heterocycles. The molecule has 0 bridgehead atoms. The third kappa shape index (κ3) is 2.84. The zero-order valence-corrected chi connectivity index (χ0v) is 10.2. The van der Waals surface area contributed by atoms with Crippen LogP contribution in [0, 0.1) is 5.41 Å². The molecular formula is C5H3F6KO2. The van der Waals surface area contributed by atoms with Gasteiger partial charge in [0.05, 0.1) is 5.97 Å². The van der Waals surface area contributed by atoms with Gasteiger partial charge in [-0.2, -0.15) is 26.3 Å². The molecule has 0 spiro atoms. The quantitative estimate of drug-likeness (QED) is 0.393. The summed E-state index contributed by atoms with van der Waals surface area (Å²) in [6, 6.07) is 0. The van der Waals surface area contributed by atoms with Crippen molar-refractivity contribution in [3.63, 3.8) is 0 Å². The largest absolute Gasteiger partial charge is 1.00 e. The summed E-state index contributed by atoms with van der Waals surface area (Å²) < 4.78 is 70.3. The van der Waals surface area contributed by atoms with Crippen LogP contribution in [0.15, 0.2) is 0 Å².